The van der Waals surface area contributed by atoms with Crippen LogP contribution >= 0.6 is 11.6 Å². The van der Waals surface area contributed by atoms with E-state index in [-0.39, 0.29) is 5.91 Å². The molecule has 2 rings (SSSR count). The number of likely N-dealkylation sites (tertiary alicyclic amines) is 1. The Morgan fingerprint density at radius 3 is 2.94 bits per heavy atom. The van der Waals surface area contributed by atoms with Crippen molar-refractivity contribution in [1.29, 1.82) is 0 Å². The zero-order valence-electron chi connectivity index (χ0n) is 9.45. The van der Waals surface area contributed by atoms with Crippen LogP contribution in [-0.2, 0) is 0 Å². The maximum atomic E-state index is 12.3. The van der Waals surface area contributed by atoms with Crippen LogP contribution in [0, 0.1) is 0 Å². The highest BCUT2D eigenvalue weighted by Crippen LogP contribution is 2.24. The zero-order chi connectivity index (χ0) is 11.5. The molecule has 1 aliphatic heterocycles. The SMILES string of the molecule is CCC1CCCN1C(=O)c1ccccc1Cl. The molecule has 1 fully saturated rings. The minimum absolute atomic E-state index is 0.0787. The van der Waals surface area contributed by atoms with E-state index in [0.717, 1.165) is 25.8 Å². The number of amides is 1. The Morgan fingerprint density at radius 2 is 2.25 bits per heavy atom. The molecule has 0 spiro atoms. The van der Waals surface area contributed by atoms with Crippen molar-refractivity contribution < 1.29 is 4.79 Å². The molecule has 1 heterocycles. The second-order valence-electron chi connectivity index (χ2n) is 4.18. The summed E-state index contributed by atoms with van der Waals surface area (Å²) in [5.41, 5.74) is 0.629. The Kier molecular flexibility index (Phi) is 3.49. The van der Waals surface area contributed by atoms with E-state index in [1.165, 1.54) is 0 Å². The molecule has 1 aromatic rings. The number of carbonyl (C=O) groups is 1. The molecule has 2 nitrogen and oxygen atoms in total. The minimum Gasteiger partial charge on any atom is -0.336 e. The molecular formula is C13H16ClNO. The standard InChI is InChI=1S/C13H16ClNO/c1-2-10-6-5-9-15(10)13(16)11-7-3-4-8-12(11)14/h3-4,7-8,10H,2,5-6,9H2,1H3. The summed E-state index contributed by atoms with van der Waals surface area (Å²) in [5.74, 6) is 0.0787. The lowest BCUT2D eigenvalue weighted by molar-refractivity contribution is 0.0734. The van der Waals surface area contributed by atoms with Gasteiger partial charge in [-0.3, -0.25) is 4.79 Å². The van der Waals surface area contributed by atoms with E-state index in [9.17, 15) is 4.79 Å². The molecule has 1 aliphatic rings. The Hall–Kier alpha value is -1.02. The van der Waals surface area contributed by atoms with Crippen LogP contribution in [0.5, 0.6) is 0 Å². The van der Waals surface area contributed by atoms with Crippen LogP contribution in [0.4, 0.5) is 0 Å². The second-order valence-corrected chi connectivity index (χ2v) is 4.59. The van der Waals surface area contributed by atoms with E-state index >= 15 is 0 Å². The Labute approximate surface area is 101 Å². The van der Waals surface area contributed by atoms with Crippen LogP contribution in [0.25, 0.3) is 0 Å². The van der Waals surface area contributed by atoms with Crippen LogP contribution in [0.3, 0.4) is 0 Å². The van der Waals surface area contributed by atoms with E-state index < -0.39 is 0 Å². The number of halogens is 1. The largest absolute Gasteiger partial charge is 0.336 e. The fourth-order valence-corrected chi connectivity index (χ4v) is 2.53. The Balaban J connectivity index is 2.22. The van der Waals surface area contributed by atoms with E-state index in [1.54, 1.807) is 12.1 Å². The van der Waals surface area contributed by atoms with Crippen molar-refractivity contribution in [1.82, 2.24) is 4.90 Å². The van der Waals surface area contributed by atoms with Gasteiger partial charge in [-0.1, -0.05) is 30.7 Å². The third-order valence-electron chi connectivity index (χ3n) is 3.21. The Bertz CT molecular complexity index is 391. The van der Waals surface area contributed by atoms with Crippen molar-refractivity contribution >= 4 is 17.5 Å². The molecule has 0 aliphatic carbocycles. The van der Waals surface area contributed by atoms with E-state index in [0.29, 0.717) is 16.6 Å². The number of nitrogens with zero attached hydrogens (tertiary/aromatic N) is 1. The van der Waals surface area contributed by atoms with Crippen molar-refractivity contribution in [2.24, 2.45) is 0 Å². The van der Waals surface area contributed by atoms with Crippen LogP contribution in [0.2, 0.25) is 5.02 Å². The van der Waals surface area contributed by atoms with Gasteiger partial charge in [0, 0.05) is 12.6 Å². The summed E-state index contributed by atoms with van der Waals surface area (Å²) in [4.78, 5) is 14.2. The summed E-state index contributed by atoms with van der Waals surface area (Å²) in [6, 6.07) is 7.67. The van der Waals surface area contributed by atoms with Crippen LogP contribution < -0.4 is 0 Å². The van der Waals surface area contributed by atoms with Crippen LogP contribution in [0.15, 0.2) is 24.3 Å². The predicted octanol–water partition coefficient (Wildman–Crippen LogP) is 3.35. The topological polar surface area (TPSA) is 20.3 Å². The molecule has 1 saturated heterocycles. The summed E-state index contributed by atoms with van der Waals surface area (Å²) >= 11 is 6.04. The van der Waals surface area contributed by atoms with E-state index in [4.69, 9.17) is 11.6 Å². The predicted molar refractivity (Wildman–Crippen MR) is 65.8 cm³/mol. The van der Waals surface area contributed by atoms with Gasteiger partial charge < -0.3 is 4.90 Å². The molecular weight excluding hydrogens is 222 g/mol. The molecule has 3 heteroatoms. The van der Waals surface area contributed by atoms with Crippen molar-refractivity contribution in [3.05, 3.63) is 34.9 Å². The fraction of sp³-hybridized carbons (Fsp3) is 0.462. The summed E-state index contributed by atoms with van der Waals surface area (Å²) in [6.07, 6.45) is 3.25. The van der Waals surface area contributed by atoms with Gasteiger partial charge in [0.15, 0.2) is 0 Å². The third-order valence-corrected chi connectivity index (χ3v) is 3.54. The van der Waals surface area contributed by atoms with Gasteiger partial charge in [0.05, 0.1) is 10.6 Å². The number of carbonyl (C=O) groups excluding carboxylic acids is 1. The van der Waals surface area contributed by atoms with Gasteiger partial charge in [0.1, 0.15) is 0 Å². The first-order valence-electron chi connectivity index (χ1n) is 5.79. The van der Waals surface area contributed by atoms with Crippen molar-refractivity contribution in [3.8, 4) is 0 Å². The van der Waals surface area contributed by atoms with Gasteiger partial charge in [-0.05, 0) is 31.4 Å². The molecule has 1 atom stereocenters. The van der Waals surface area contributed by atoms with Crippen molar-refractivity contribution in [3.63, 3.8) is 0 Å². The number of hydrogen-bond donors (Lipinski definition) is 0. The maximum Gasteiger partial charge on any atom is 0.255 e. The molecule has 16 heavy (non-hydrogen) atoms. The first-order chi connectivity index (χ1) is 7.74. The number of benzene rings is 1. The first-order valence-corrected chi connectivity index (χ1v) is 6.17. The summed E-state index contributed by atoms with van der Waals surface area (Å²) < 4.78 is 0. The fourth-order valence-electron chi connectivity index (χ4n) is 2.32. The normalized spacial score (nSPS) is 20.1. The van der Waals surface area contributed by atoms with Crippen molar-refractivity contribution in [2.75, 3.05) is 6.54 Å². The second kappa shape index (κ2) is 4.88. The molecule has 0 saturated carbocycles. The molecule has 1 amide bonds. The zero-order valence-corrected chi connectivity index (χ0v) is 10.2. The first kappa shape index (κ1) is 11.5. The lowest BCUT2D eigenvalue weighted by Crippen LogP contribution is -2.35. The molecule has 86 valence electrons. The average molecular weight is 238 g/mol. The lowest BCUT2D eigenvalue weighted by Gasteiger charge is -2.24. The molecule has 0 radical (unpaired) electrons. The number of rotatable bonds is 2. The van der Waals surface area contributed by atoms with E-state index in [1.807, 2.05) is 17.0 Å². The summed E-state index contributed by atoms with van der Waals surface area (Å²) in [7, 11) is 0. The van der Waals surface area contributed by atoms with Gasteiger partial charge in [0.25, 0.3) is 5.91 Å². The molecule has 0 aromatic heterocycles. The molecule has 1 unspecified atom stereocenters. The Morgan fingerprint density at radius 1 is 1.50 bits per heavy atom. The smallest absolute Gasteiger partial charge is 0.255 e. The van der Waals surface area contributed by atoms with Gasteiger partial charge in [-0.2, -0.15) is 0 Å². The molecule has 0 N–H and O–H groups in total. The lowest BCUT2D eigenvalue weighted by atomic mass is 10.1. The minimum atomic E-state index is 0.0787. The van der Waals surface area contributed by atoms with Gasteiger partial charge in [0.2, 0.25) is 0 Å². The number of hydrogen-bond acceptors (Lipinski definition) is 1. The maximum absolute atomic E-state index is 12.3. The highest BCUT2D eigenvalue weighted by Gasteiger charge is 2.28. The monoisotopic (exact) mass is 237 g/mol. The van der Waals surface area contributed by atoms with E-state index in [2.05, 4.69) is 6.92 Å². The van der Waals surface area contributed by atoms with Gasteiger partial charge in [-0.25, -0.2) is 0 Å². The molecule has 0 bridgehead atoms. The highest BCUT2D eigenvalue weighted by atomic mass is 35.5. The average Bonchev–Trinajstić information content (AvgIpc) is 2.77. The summed E-state index contributed by atoms with van der Waals surface area (Å²) in [5, 5.41) is 0.550. The van der Waals surface area contributed by atoms with Crippen LogP contribution in [0.1, 0.15) is 36.5 Å². The van der Waals surface area contributed by atoms with Gasteiger partial charge >= 0.3 is 0 Å². The highest BCUT2D eigenvalue weighted by molar-refractivity contribution is 6.33. The van der Waals surface area contributed by atoms with Crippen LogP contribution in [-0.4, -0.2) is 23.4 Å². The van der Waals surface area contributed by atoms with Crippen molar-refractivity contribution in [2.45, 2.75) is 32.2 Å². The molecule has 1 aromatic carbocycles. The summed E-state index contributed by atoms with van der Waals surface area (Å²) in [6.45, 7) is 2.99. The quantitative estimate of drug-likeness (QED) is 0.773. The van der Waals surface area contributed by atoms with Gasteiger partial charge in [-0.15, -0.1) is 0 Å². The third kappa shape index (κ3) is 2.07.